The van der Waals surface area contributed by atoms with E-state index in [2.05, 4.69) is 25.9 Å². The van der Waals surface area contributed by atoms with Gasteiger partial charge in [-0.3, -0.25) is 4.99 Å². The van der Waals surface area contributed by atoms with Gasteiger partial charge in [0.05, 0.1) is 0 Å². The molecule has 0 unspecified atom stereocenters. The van der Waals surface area contributed by atoms with Crippen LogP contribution in [0.15, 0.2) is 29.4 Å². The normalized spacial score (nSPS) is 11.3. The molecule has 0 aliphatic heterocycles. The molecule has 0 aliphatic rings. The summed E-state index contributed by atoms with van der Waals surface area (Å²) in [6.07, 6.45) is 4.96. The summed E-state index contributed by atoms with van der Waals surface area (Å²) in [6, 6.07) is 5.88. The van der Waals surface area contributed by atoms with E-state index in [-0.39, 0.29) is 0 Å². The van der Waals surface area contributed by atoms with E-state index in [0.717, 1.165) is 63.9 Å². The van der Waals surface area contributed by atoms with Gasteiger partial charge in [0.1, 0.15) is 5.82 Å². The highest BCUT2D eigenvalue weighted by Crippen LogP contribution is 1.99. The summed E-state index contributed by atoms with van der Waals surface area (Å²) in [6.45, 7) is 6.30. The summed E-state index contributed by atoms with van der Waals surface area (Å²) in [5, 5.41) is 9.89. The first-order chi connectivity index (χ1) is 10.9. The van der Waals surface area contributed by atoms with E-state index >= 15 is 0 Å². The second-order valence-corrected chi connectivity index (χ2v) is 4.83. The zero-order valence-corrected chi connectivity index (χ0v) is 13.8. The van der Waals surface area contributed by atoms with E-state index < -0.39 is 0 Å². The van der Waals surface area contributed by atoms with Crippen molar-refractivity contribution in [1.29, 1.82) is 0 Å². The topological polar surface area (TPSA) is 70.6 Å². The summed E-state index contributed by atoms with van der Waals surface area (Å²) < 4.78 is 5.30. The number of unbranched alkanes of at least 4 members (excludes halogenated alkanes) is 1. The first-order valence-corrected chi connectivity index (χ1v) is 8.04. The summed E-state index contributed by atoms with van der Waals surface area (Å²) in [5.74, 6) is 1.79. The van der Waals surface area contributed by atoms with Crippen LogP contribution < -0.4 is 16.0 Å². The third-order valence-corrected chi connectivity index (χ3v) is 3.05. The summed E-state index contributed by atoms with van der Waals surface area (Å²) >= 11 is 0. The highest BCUT2D eigenvalue weighted by atomic mass is 16.5. The molecule has 0 saturated heterocycles. The van der Waals surface area contributed by atoms with Gasteiger partial charge in [-0.2, -0.15) is 0 Å². The standard InChI is InChI=1S/C16H29N5O/c1-3-22-14-8-13-21-16(17-2)20-12-7-6-11-19-15-9-4-5-10-18-15/h4-5,9-10H,3,6-8,11-14H2,1-2H3,(H,18,19)(H2,17,20,21). The van der Waals surface area contributed by atoms with E-state index in [1.54, 1.807) is 13.2 Å². The average molecular weight is 307 g/mol. The number of nitrogens with zero attached hydrogens (tertiary/aromatic N) is 2. The Kier molecular flexibility index (Phi) is 10.7. The SMILES string of the molecule is CCOCCCNC(=NC)NCCCCNc1ccccn1. The number of pyridine rings is 1. The number of ether oxygens (including phenoxy) is 1. The molecular formula is C16H29N5O. The second kappa shape index (κ2) is 12.9. The van der Waals surface area contributed by atoms with Crippen molar-refractivity contribution in [1.82, 2.24) is 15.6 Å². The maximum Gasteiger partial charge on any atom is 0.190 e. The van der Waals surface area contributed by atoms with Crippen LogP contribution in [0.5, 0.6) is 0 Å². The van der Waals surface area contributed by atoms with Crippen LogP contribution in [0.3, 0.4) is 0 Å². The fraction of sp³-hybridized carbons (Fsp3) is 0.625. The molecule has 6 heteroatoms. The molecular weight excluding hydrogens is 278 g/mol. The zero-order valence-electron chi connectivity index (χ0n) is 13.8. The molecule has 0 spiro atoms. The predicted molar refractivity (Wildman–Crippen MR) is 92.4 cm³/mol. The number of hydrogen-bond donors (Lipinski definition) is 3. The Morgan fingerprint density at radius 2 is 1.91 bits per heavy atom. The van der Waals surface area contributed by atoms with Gasteiger partial charge in [0.2, 0.25) is 0 Å². The lowest BCUT2D eigenvalue weighted by molar-refractivity contribution is 0.145. The van der Waals surface area contributed by atoms with Crippen molar-refractivity contribution in [2.45, 2.75) is 26.2 Å². The van der Waals surface area contributed by atoms with E-state index in [1.165, 1.54) is 0 Å². The minimum Gasteiger partial charge on any atom is -0.382 e. The van der Waals surface area contributed by atoms with Crippen molar-refractivity contribution in [3.05, 3.63) is 24.4 Å². The van der Waals surface area contributed by atoms with Crippen LogP contribution in [0, 0.1) is 0 Å². The molecule has 0 saturated carbocycles. The smallest absolute Gasteiger partial charge is 0.190 e. The van der Waals surface area contributed by atoms with E-state index in [1.807, 2.05) is 25.1 Å². The van der Waals surface area contributed by atoms with Gasteiger partial charge in [0, 0.05) is 46.1 Å². The average Bonchev–Trinajstić information content (AvgIpc) is 2.56. The molecule has 3 N–H and O–H groups in total. The Balaban J connectivity index is 1.97. The van der Waals surface area contributed by atoms with Crippen LogP contribution in [0.2, 0.25) is 0 Å². The number of anilines is 1. The van der Waals surface area contributed by atoms with Crippen LogP contribution in [0.1, 0.15) is 26.2 Å². The highest BCUT2D eigenvalue weighted by Gasteiger charge is 1.97. The van der Waals surface area contributed by atoms with Crippen LogP contribution in [0.4, 0.5) is 5.82 Å². The minimum atomic E-state index is 0.777. The van der Waals surface area contributed by atoms with Gasteiger partial charge in [-0.25, -0.2) is 4.98 Å². The Hall–Kier alpha value is -1.82. The lowest BCUT2D eigenvalue weighted by atomic mass is 10.3. The lowest BCUT2D eigenvalue weighted by Crippen LogP contribution is -2.38. The molecule has 0 bridgehead atoms. The van der Waals surface area contributed by atoms with Crippen LogP contribution >= 0.6 is 0 Å². The monoisotopic (exact) mass is 307 g/mol. The van der Waals surface area contributed by atoms with Crippen molar-refractivity contribution in [2.75, 3.05) is 45.2 Å². The minimum absolute atomic E-state index is 0.777. The number of aromatic nitrogens is 1. The molecule has 1 rings (SSSR count). The van der Waals surface area contributed by atoms with Gasteiger partial charge in [0.15, 0.2) is 5.96 Å². The van der Waals surface area contributed by atoms with Crippen molar-refractivity contribution in [3.8, 4) is 0 Å². The maximum atomic E-state index is 5.30. The molecule has 1 heterocycles. The zero-order chi connectivity index (χ0) is 15.9. The number of hydrogen-bond acceptors (Lipinski definition) is 4. The van der Waals surface area contributed by atoms with Crippen molar-refractivity contribution >= 4 is 11.8 Å². The van der Waals surface area contributed by atoms with Gasteiger partial charge in [-0.15, -0.1) is 0 Å². The van der Waals surface area contributed by atoms with E-state index in [4.69, 9.17) is 4.74 Å². The largest absolute Gasteiger partial charge is 0.382 e. The molecule has 6 nitrogen and oxygen atoms in total. The number of guanidine groups is 1. The van der Waals surface area contributed by atoms with Crippen molar-refractivity contribution < 1.29 is 4.74 Å². The van der Waals surface area contributed by atoms with Gasteiger partial charge in [-0.1, -0.05) is 6.07 Å². The fourth-order valence-corrected chi connectivity index (χ4v) is 1.89. The predicted octanol–water partition coefficient (Wildman–Crippen LogP) is 1.87. The third kappa shape index (κ3) is 9.18. The Labute approximate surface area is 133 Å². The molecule has 0 atom stereocenters. The van der Waals surface area contributed by atoms with Crippen molar-refractivity contribution in [3.63, 3.8) is 0 Å². The highest BCUT2D eigenvalue weighted by molar-refractivity contribution is 5.79. The van der Waals surface area contributed by atoms with Crippen LogP contribution in [-0.4, -0.2) is 50.8 Å². The van der Waals surface area contributed by atoms with Crippen LogP contribution in [-0.2, 0) is 4.74 Å². The maximum absolute atomic E-state index is 5.30. The van der Waals surface area contributed by atoms with Crippen molar-refractivity contribution in [2.24, 2.45) is 4.99 Å². The summed E-state index contributed by atoms with van der Waals surface area (Å²) in [7, 11) is 1.79. The van der Waals surface area contributed by atoms with Gasteiger partial charge in [-0.05, 0) is 38.3 Å². The molecule has 124 valence electrons. The molecule has 22 heavy (non-hydrogen) atoms. The third-order valence-electron chi connectivity index (χ3n) is 3.05. The summed E-state index contributed by atoms with van der Waals surface area (Å²) in [5.41, 5.74) is 0. The second-order valence-electron chi connectivity index (χ2n) is 4.83. The fourth-order valence-electron chi connectivity index (χ4n) is 1.89. The van der Waals surface area contributed by atoms with E-state index in [0.29, 0.717) is 0 Å². The molecule has 1 aromatic rings. The molecule has 0 radical (unpaired) electrons. The first-order valence-electron chi connectivity index (χ1n) is 8.04. The Morgan fingerprint density at radius 1 is 1.14 bits per heavy atom. The molecule has 0 amide bonds. The lowest BCUT2D eigenvalue weighted by Gasteiger charge is -2.12. The van der Waals surface area contributed by atoms with E-state index in [9.17, 15) is 0 Å². The quantitative estimate of drug-likeness (QED) is 0.331. The molecule has 1 aromatic heterocycles. The van der Waals surface area contributed by atoms with Gasteiger partial charge < -0.3 is 20.7 Å². The van der Waals surface area contributed by atoms with Crippen LogP contribution in [0.25, 0.3) is 0 Å². The Morgan fingerprint density at radius 3 is 2.59 bits per heavy atom. The first kappa shape index (κ1) is 18.2. The molecule has 0 aliphatic carbocycles. The summed E-state index contributed by atoms with van der Waals surface area (Å²) in [4.78, 5) is 8.43. The van der Waals surface area contributed by atoms with Gasteiger partial charge >= 0.3 is 0 Å². The number of rotatable bonds is 11. The molecule has 0 aromatic carbocycles. The van der Waals surface area contributed by atoms with Gasteiger partial charge in [0.25, 0.3) is 0 Å². The molecule has 0 fully saturated rings. The Bertz CT molecular complexity index is 397. The number of nitrogens with one attached hydrogen (secondary N) is 3. The number of aliphatic imine (C=N–C) groups is 1.